The van der Waals surface area contributed by atoms with E-state index < -0.39 is 39.9 Å². The van der Waals surface area contributed by atoms with Crippen molar-refractivity contribution < 1.29 is 26.4 Å². The Balaban J connectivity index is 2.12. The second-order valence-corrected chi connectivity index (χ2v) is 8.17. The highest BCUT2D eigenvalue weighted by molar-refractivity contribution is 7.92. The van der Waals surface area contributed by atoms with Gasteiger partial charge in [-0.3, -0.25) is 4.79 Å². The van der Waals surface area contributed by atoms with Crippen LogP contribution in [0.25, 0.3) is 6.08 Å². The first kappa shape index (κ1) is 22.9. The molecule has 2 aromatic rings. The van der Waals surface area contributed by atoms with Gasteiger partial charge in [-0.2, -0.15) is 17.5 Å². The van der Waals surface area contributed by atoms with Crippen LogP contribution in [0.5, 0.6) is 0 Å². The normalized spacial score (nSPS) is 12.5. The minimum Gasteiger partial charge on any atom is -0.324 e. The van der Waals surface area contributed by atoms with Crippen molar-refractivity contribution in [2.75, 3.05) is 18.4 Å². The van der Waals surface area contributed by atoms with E-state index in [0.717, 1.165) is 21.8 Å². The number of rotatable bonds is 7. The number of para-hydroxylation sites is 1. The first-order valence-corrected chi connectivity index (χ1v) is 10.3. The maximum Gasteiger partial charge on any atom is 0.418 e. The van der Waals surface area contributed by atoms with Crippen molar-refractivity contribution in [3.8, 4) is 0 Å². The highest BCUT2D eigenvalue weighted by Gasteiger charge is 2.33. The van der Waals surface area contributed by atoms with Gasteiger partial charge in [0.1, 0.15) is 0 Å². The van der Waals surface area contributed by atoms with Crippen LogP contribution in [-0.2, 0) is 21.0 Å². The molecule has 156 valence electrons. The van der Waals surface area contributed by atoms with Crippen molar-refractivity contribution in [3.63, 3.8) is 0 Å². The number of anilines is 1. The molecular weight excluding hydrogens is 429 g/mol. The monoisotopic (exact) mass is 446 g/mol. The molecule has 29 heavy (non-hydrogen) atoms. The van der Waals surface area contributed by atoms with Gasteiger partial charge in [-0.25, -0.2) is 8.42 Å². The summed E-state index contributed by atoms with van der Waals surface area (Å²) in [5.41, 5.74) is -0.866. The lowest BCUT2D eigenvalue weighted by Crippen LogP contribution is -2.37. The van der Waals surface area contributed by atoms with Crippen LogP contribution in [0, 0.1) is 0 Å². The largest absolute Gasteiger partial charge is 0.418 e. The van der Waals surface area contributed by atoms with Crippen LogP contribution in [0.2, 0.25) is 5.02 Å². The number of amides is 1. The Morgan fingerprint density at radius 3 is 2.34 bits per heavy atom. The van der Waals surface area contributed by atoms with E-state index in [2.05, 4.69) is 5.32 Å². The summed E-state index contributed by atoms with van der Waals surface area (Å²) >= 11 is 5.77. The number of likely N-dealkylation sites (N-methyl/N-ethyl adjacent to an activating group) is 1. The minimum atomic E-state index is -4.65. The zero-order chi connectivity index (χ0) is 21.7. The second kappa shape index (κ2) is 9.43. The Morgan fingerprint density at radius 1 is 1.14 bits per heavy atom. The van der Waals surface area contributed by atoms with E-state index in [1.54, 1.807) is 24.3 Å². The van der Waals surface area contributed by atoms with Crippen LogP contribution in [0.1, 0.15) is 18.1 Å². The lowest BCUT2D eigenvalue weighted by atomic mass is 10.1. The fraction of sp³-hybridized carbons (Fsp3) is 0.211. The lowest BCUT2D eigenvalue weighted by Gasteiger charge is -2.19. The number of carbonyl (C=O) groups excluding carboxylic acids is 1. The van der Waals surface area contributed by atoms with Crippen molar-refractivity contribution in [2.24, 2.45) is 0 Å². The van der Waals surface area contributed by atoms with Crippen molar-refractivity contribution >= 4 is 39.3 Å². The molecule has 0 fully saturated rings. The van der Waals surface area contributed by atoms with E-state index in [1.807, 2.05) is 0 Å². The average molecular weight is 447 g/mol. The van der Waals surface area contributed by atoms with Crippen molar-refractivity contribution in [1.82, 2.24) is 4.31 Å². The summed E-state index contributed by atoms with van der Waals surface area (Å²) < 4.78 is 64.9. The highest BCUT2D eigenvalue weighted by atomic mass is 35.5. The van der Waals surface area contributed by atoms with E-state index in [9.17, 15) is 26.4 Å². The summed E-state index contributed by atoms with van der Waals surface area (Å²) in [4.78, 5) is 12.2. The van der Waals surface area contributed by atoms with Gasteiger partial charge in [0.25, 0.3) is 0 Å². The van der Waals surface area contributed by atoms with Gasteiger partial charge in [-0.05, 0) is 35.9 Å². The molecule has 0 saturated carbocycles. The van der Waals surface area contributed by atoms with Crippen LogP contribution in [0.15, 0.2) is 53.9 Å². The topological polar surface area (TPSA) is 66.5 Å². The second-order valence-electron chi connectivity index (χ2n) is 5.92. The van der Waals surface area contributed by atoms with E-state index in [1.165, 1.54) is 25.1 Å². The van der Waals surface area contributed by atoms with Gasteiger partial charge in [0.05, 0.1) is 17.8 Å². The van der Waals surface area contributed by atoms with E-state index in [4.69, 9.17) is 11.6 Å². The molecular formula is C19H18ClF3N2O3S. The molecule has 0 radical (unpaired) electrons. The molecule has 0 saturated heterocycles. The van der Waals surface area contributed by atoms with Gasteiger partial charge in [0.2, 0.25) is 15.9 Å². The zero-order valence-corrected chi connectivity index (χ0v) is 16.9. The van der Waals surface area contributed by atoms with Crippen LogP contribution in [0.3, 0.4) is 0 Å². The van der Waals surface area contributed by atoms with Gasteiger partial charge in [-0.15, -0.1) is 0 Å². The summed E-state index contributed by atoms with van der Waals surface area (Å²) in [6.07, 6.45) is -3.31. The Hall–Kier alpha value is -2.36. The third-order valence-corrected chi connectivity index (χ3v) is 5.68. The molecule has 0 spiro atoms. The number of hydrogen-bond donors (Lipinski definition) is 1. The Bertz CT molecular complexity index is 991. The molecule has 1 N–H and O–H groups in total. The van der Waals surface area contributed by atoms with E-state index in [0.29, 0.717) is 10.6 Å². The molecule has 0 aliphatic heterocycles. The fourth-order valence-corrected chi connectivity index (χ4v) is 3.68. The molecule has 0 heterocycles. The van der Waals surface area contributed by atoms with Crippen LogP contribution in [-0.4, -0.2) is 31.7 Å². The molecule has 0 bridgehead atoms. The molecule has 0 unspecified atom stereocenters. The number of sulfonamides is 1. The molecule has 0 aromatic heterocycles. The maximum atomic E-state index is 13.0. The summed E-state index contributed by atoms with van der Waals surface area (Å²) in [5, 5.41) is 3.55. The molecule has 2 aromatic carbocycles. The quantitative estimate of drug-likeness (QED) is 0.674. The van der Waals surface area contributed by atoms with Gasteiger partial charge in [0, 0.05) is 17.0 Å². The lowest BCUT2D eigenvalue weighted by molar-refractivity contribution is -0.137. The van der Waals surface area contributed by atoms with Crippen LogP contribution in [0.4, 0.5) is 18.9 Å². The standard InChI is InChI=1S/C19H18ClF3N2O3S/c1-2-25(29(27,28)12-11-14-7-9-15(20)10-8-14)13-18(26)24-17-6-4-3-5-16(17)19(21,22)23/h3-12H,2,13H2,1H3,(H,24,26)/b12-11+. The Morgan fingerprint density at radius 2 is 1.76 bits per heavy atom. The molecule has 0 aliphatic carbocycles. The highest BCUT2D eigenvalue weighted by Crippen LogP contribution is 2.34. The first-order valence-electron chi connectivity index (χ1n) is 8.43. The van der Waals surface area contributed by atoms with Crippen molar-refractivity contribution in [2.45, 2.75) is 13.1 Å². The third-order valence-electron chi connectivity index (χ3n) is 3.84. The van der Waals surface area contributed by atoms with Crippen LogP contribution < -0.4 is 5.32 Å². The minimum absolute atomic E-state index is 0.0401. The molecule has 5 nitrogen and oxygen atoms in total. The zero-order valence-electron chi connectivity index (χ0n) is 15.3. The Kier molecular flexibility index (Phi) is 7.45. The van der Waals surface area contributed by atoms with E-state index >= 15 is 0 Å². The summed E-state index contributed by atoms with van der Waals surface area (Å²) in [7, 11) is -3.97. The predicted molar refractivity (Wildman–Crippen MR) is 107 cm³/mol. The molecule has 0 aliphatic rings. The molecule has 0 atom stereocenters. The molecule has 10 heteroatoms. The SMILES string of the molecule is CCN(CC(=O)Nc1ccccc1C(F)(F)F)S(=O)(=O)/C=C/c1ccc(Cl)cc1. The van der Waals surface area contributed by atoms with Crippen LogP contribution >= 0.6 is 11.6 Å². The number of benzene rings is 2. The molecule has 1 amide bonds. The van der Waals surface area contributed by atoms with Gasteiger partial charge in [-0.1, -0.05) is 42.8 Å². The average Bonchev–Trinajstić information content (AvgIpc) is 2.65. The Labute approximate surface area is 171 Å². The summed E-state index contributed by atoms with van der Waals surface area (Å²) in [6, 6.07) is 10.9. The number of carbonyl (C=O) groups is 1. The maximum absolute atomic E-state index is 13.0. The van der Waals surface area contributed by atoms with Gasteiger partial charge < -0.3 is 5.32 Å². The molecule has 2 rings (SSSR count). The number of alkyl halides is 3. The number of nitrogens with one attached hydrogen (secondary N) is 1. The number of nitrogens with zero attached hydrogens (tertiary/aromatic N) is 1. The first-order chi connectivity index (χ1) is 13.5. The number of hydrogen-bond acceptors (Lipinski definition) is 3. The third kappa shape index (κ3) is 6.59. The number of halogens is 4. The van der Waals surface area contributed by atoms with E-state index in [-0.39, 0.29) is 6.54 Å². The van der Waals surface area contributed by atoms with Gasteiger partial charge >= 0.3 is 6.18 Å². The smallest absolute Gasteiger partial charge is 0.324 e. The fourth-order valence-electron chi connectivity index (χ4n) is 2.40. The summed E-state index contributed by atoms with van der Waals surface area (Å²) in [6.45, 7) is 0.849. The predicted octanol–water partition coefficient (Wildman–Crippen LogP) is 4.62. The summed E-state index contributed by atoms with van der Waals surface area (Å²) in [5.74, 6) is -0.882. The van der Waals surface area contributed by atoms with Crippen molar-refractivity contribution in [1.29, 1.82) is 0 Å². The van der Waals surface area contributed by atoms with Gasteiger partial charge in [0.15, 0.2) is 0 Å². The van der Waals surface area contributed by atoms with Crippen molar-refractivity contribution in [3.05, 3.63) is 70.1 Å².